The molecule has 1 N–H and O–H groups in total. The zero-order valence-electron chi connectivity index (χ0n) is 11.8. The minimum atomic E-state index is 0.680. The van der Waals surface area contributed by atoms with Crippen molar-refractivity contribution in [3.63, 3.8) is 0 Å². The Kier molecular flexibility index (Phi) is 5.05. The van der Waals surface area contributed by atoms with Gasteiger partial charge < -0.3 is 5.32 Å². The summed E-state index contributed by atoms with van der Waals surface area (Å²) in [6.45, 7) is 8.54. The van der Waals surface area contributed by atoms with E-state index in [9.17, 15) is 0 Å². The quantitative estimate of drug-likeness (QED) is 0.876. The molecule has 0 aliphatic carbocycles. The molecular formula is C15H21N3S. The average molecular weight is 275 g/mol. The zero-order valence-corrected chi connectivity index (χ0v) is 12.6. The van der Waals surface area contributed by atoms with Gasteiger partial charge in [0.05, 0.1) is 0 Å². The highest BCUT2D eigenvalue weighted by Gasteiger charge is 2.08. The van der Waals surface area contributed by atoms with Crippen LogP contribution in [0.25, 0.3) is 10.6 Å². The van der Waals surface area contributed by atoms with E-state index < -0.39 is 0 Å². The third-order valence-electron chi connectivity index (χ3n) is 2.92. The fraction of sp³-hybridized carbons (Fsp3) is 0.467. The Morgan fingerprint density at radius 3 is 2.89 bits per heavy atom. The minimum absolute atomic E-state index is 0.680. The van der Waals surface area contributed by atoms with Crippen molar-refractivity contribution < 1.29 is 0 Å². The van der Waals surface area contributed by atoms with E-state index in [2.05, 4.69) is 42.1 Å². The van der Waals surface area contributed by atoms with Gasteiger partial charge in [-0.25, -0.2) is 4.98 Å². The first-order valence-electron chi connectivity index (χ1n) is 6.79. The number of aromatic nitrogens is 2. The topological polar surface area (TPSA) is 37.8 Å². The maximum atomic E-state index is 4.54. The molecule has 0 amide bonds. The van der Waals surface area contributed by atoms with Gasteiger partial charge in [0, 0.05) is 35.6 Å². The second kappa shape index (κ2) is 6.78. The van der Waals surface area contributed by atoms with Gasteiger partial charge in [-0.2, -0.15) is 0 Å². The molecule has 3 nitrogen and oxygen atoms in total. The summed E-state index contributed by atoms with van der Waals surface area (Å²) >= 11 is 1.77. The highest BCUT2D eigenvalue weighted by molar-refractivity contribution is 7.15. The van der Waals surface area contributed by atoms with Crippen LogP contribution in [0.15, 0.2) is 24.7 Å². The van der Waals surface area contributed by atoms with Crippen LogP contribution < -0.4 is 5.32 Å². The van der Waals surface area contributed by atoms with Gasteiger partial charge in [0.2, 0.25) is 0 Å². The van der Waals surface area contributed by atoms with Gasteiger partial charge in [-0.1, -0.05) is 20.8 Å². The van der Waals surface area contributed by atoms with E-state index in [1.807, 2.05) is 18.6 Å². The predicted octanol–water partition coefficient (Wildman–Crippen LogP) is 3.51. The maximum absolute atomic E-state index is 4.54. The van der Waals surface area contributed by atoms with Gasteiger partial charge in [0.25, 0.3) is 0 Å². The number of aryl methyl sites for hydroxylation is 1. The van der Waals surface area contributed by atoms with Crippen LogP contribution >= 0.6 is 11.3 Å². The summed E-state index contributed by atoms with van der Waals surface area (Å²) in [4.78, 5) is 10.0. The molecule has 0 saturated heterocycles. The fourth-order valence-electron chi connectivity index (χ4n) is 1.92. The summed E-state index contributed by atoms with van der Waals surface area (Å²) in [5.74, 6) is 0.680. The second-order valence-electron chi connectivity index (χ2n) is 5.04. The number of pyridine rings is 1. The van der Waals surface area contributed by atoms with Crippen molar-refractivity contribution in [3.8, 4) is 10.6 Å². The summed E-state index contributed by atoms with van der Waals surface area (Å²) < 4.78 is 0. The van der Waals surface area contributed by atoms with Crippen LogP contribution in [0, 0.1) is 5.92 Å². The van der Waals surface area contributed by atoms with Crippen LogP contribution in [0.2, 0.25) is 0 Å². The highest BCUT2D eigenvalue weighted by Crippen LogP contribution is 2.27. The lowest BCUT2D eigenvalue weighted by Crippen LogP contribution is -2.18. The molecule has 102 valence electrons. The standard InChI is InChI=1S/C15H21N3S/c1-4-12-8-16-6-5-14(12)15-18-10-13(19-15)9-17-7-11(2)3/h5-6,8,10-11,17H,4,7,9H2,1-3H3. The Morgan fingerprint density at radius 1 is 1.32 bits per heavy atom. The molecule has 0 aliphatic heterocycles. The summed E-state index contributed by atoms with van der Waals surface area (Å²) in [5, 5.41) is 4.55. The molecule has 2 aromatic rings. The fourth-order valence-corrected chi connectivity index (χ4v) is 2.86. The van der Waals surface area contributed by atoms with E-state index in [1.165, 1.54) is 16.0 Å². The minimum Gasteiger partial charge on any atom is -0.312 e. The van der Waals surface area contributed by atoms with Crippen molar-refractivity contribution in [1.82, 2.24) is 15.3 Å². The first kappa shape index (κ1) is 14.2. The molecular weight excluding hydrogens is 254 g/mol. The van der Waals surface area contributed by atoms with Crippen molar-refractivity contribution in [1.29, 1.82) is 0 Å². The lowest BCUT2D eigenvalue weighted by molar-refractivity contribution is 0.554. The maximum Gasteiger partial charge on any atom is 0.123 e. The molecule has 0 unspecified atom stereocenters. The molecule has 0 radical (unpaired) electrons. The Morgan fingerprint density at radius 2 is 2.16 bits per heavy atom. The summed E-state index contributed by atoms with van der Waals surface area (Å²) in [6.07, 6.45) is 6.75. The third kappa shape index (κ3) is 3.85. The van der Waals surface area contributed by atoms with Gasteiger partial charge in [0.15, 0.2) is 0 Å². The van der Waals surface area contributed by atoms with Crippen molar-refractivity contribution in [2.24, 2.45) is 5.92 Å². The van der Waals surface area contributed by atoms with Crippen LogP contribution in [-0.4, -0.2) is 16.5 Å². The van der Waals surface area contributed by atoms with Crippen LogP contribution in [0.1, 0.15) is 31.2 Å². The molecule has 2 aromatic heterocycles. The third-order valence-corrected chi connectivity index (χ3v) is 3.95. The average Bonchev–Trinajstić information content (AvgIpc) is 2.87. The van der Waals surface area contributed by atoms with Crippen LogP contribution in [0.4, 0.5) is 0 Å². The smallest absolute Gasteiger partial charge is 0.123 e. The van der Waals surface area contributed by atoms with E-state index in [4.69, 9.17) is 0 Å². The molecule has 2 rings (SSSR count). The second-order valence-corrected chi connectivity index (χ2v) is 6.16. The molecule has 0 aromatic carbocycles. The molecule has 0 bridgehead atoms. The van der Waals surface area contributed by atoms with E-state index in [0.717, 1.165) is 24.5 Å². The first-order chi connectivity index (χ1) is 9.20. The van der Waals surface area contributed by atoms with Crippen molar-refractivity contribution in [2.75, 3.05) is 6.54 Å². The van der Waals surface area contributed by atoms with E-state index in [-0.39, 0.29) is 0 Å². The number of thiazole rings is 1. The van der Waals surface area contributed by atoms with E-state index >= 15 is 0 Å². The SMILES string of the molecule is CCc1cnccc1-c1ncc(CNCC(C)C)s1. The summed E-state index contributed by atoms with van der Waals surface area (Å²) in [6, 6.07) is 2.06. The molecule has 0 spiro atoms. The number of hydrogen-bond acceptors (Lipinski definition) is 4. The molecule has 0 fully saturated rings. The van der Waals surface area contributed by atoms with Crippen molar-refractivity contribution >= 4 is 11.3 Å². The number of nitrogens with zero attached hydrogens (tertiary/aromatic N) is 2. The van der Waals surface area contributed by atoms with Crippen molar-refractivity contribution in [3.05, 3.63) is 35.1 Å². The molecule has 4 heteroatoms. The molecule has 19 heavy (non-hydrogen) atoms. The predicted molar refractivity (Wildman–Crippen MR) is 81.3 cm³/mol. The molecule has 0 atom stereocenters. The lowest BCUT2D eigenvalue weighted by atomic mass is 10.1. The van der Waals surface area contributed by atoms with Gasteiger partial charge in [0.1, 0.15) is 5.01 Å². The summed E-state index contributed by atoms with van der Waals surface area (Å²) in [5.41, 5.74) is 2.48. The normalized spacial score (nSPS) is 11.2. The highest BCUT2D eigenvalue weighted by atomic mass is 32.1. The Labute approximate surface area is 119 Å². The number of hydrogen-bond donors (Lipinski definition) is 1. The Hall–Kier alpha value is -1.26. The number of rotatable bonds is 6. The zero-order chi connectivity index (χ0) is 13.7. The van der Waals surface area contributed by atoms with Crippen molar-refractivity contribution in [2.45, 2.75) is 33.7 Å². The van der Waals surface area contributed by atoms with E-state index in [0.29, 0.717) is 5.92 Å². The van der Waals surface area contributed by atoms with Gasteiger partial charge in [-0.05, 0) is 30.5 Å². The monoisotopic (exact) mass is 275 g/mol. The Balaban J connectivity index is 2.08. The molecule has 2 heterocycles. The molecule has 0 aliphatic rings. The first-order valence-corrected chi connectivity index (χ1v) is 7.61. The summed E-state index contributed by atoms with van der Waals surface area (Å²) in [7, 11) is 0. The number of nitrogens with one attached hydrogen (secondary N) is 1. The van der Waals surface area contributed by atoms with Gasteiger partial charge >= 0.3 is 0 Å². The van der Waals surface area contributed by atoms with Gasteiger partial charge in [-0.15, -0.1) is 11.3 Å². The lowest BCUT2D eigenvalue weighted by Gasteiger charge is -2.05. The van der Waals surface area contributed by atoms with Crippen LogP contribution in [-0.2, 0) is 13.0 Å². The molecule has 0 saturated carbocycles. The largest absolute Gasteiger partial charge is 0.312 e. The Bertz CT molecular complexity index is 520. The van der Waals surface area contributed by atoms with E-state index in [1.54, 1.807) is 11.3 Å². The van der Waals surface area contributed by atoms with Crippen LogP contribution in [0.3, 0.4) is 0 Å². The van der Waals surface area contributed by atoms with Gasteiger partial charge in [-0.3, -0.25) is 4.98 Å². The van der Waals surface area contributed by atoms with Crippen LogP contribution in [0.5, 0.6) is 0 Å².